The van der Waals surface area contributed by atoms with Crippen molar-refractivity contribution in [2.75, 3.05) is 14.1 Å². The molecule has 0 aliphatic heterocycles. The van der Waals surface area contributed by atoms with Gasteiger partial charge in [0.2, 0.25) is 0 Å². The largest absolute Gasteiger partial charge is 0.459 e. The highest BCUT2D eigenvalue weighted by Gasteiger charge is 2.04. The Hall–Kier alpha value is -1.58. The standard InChI is InChI=1S/C8H10N2O2/c1-10(2)6-9-8(11)7-4-3-5-12-7/h3-6H,1-2H3/b9-6+. The summed E-state index contributed by atoms with van der Waals surface area (Å²) in [5.74, 6) is -0.109. The number of hydrogen-bond acceptors (Lipinski definition) is 2. The molecule has 0 radical (unpaired) electrons. The van der Waals surface area contributed by atoms with Crippen LogP contribution in [-0.2, 0) is 0 Å². The van der Waals surface area contributed by atoms with Crippen molar-refractivity contribution in [2.45, 2.75) is 0 Å². The second kappa shape index (κ2) is 3.71. The molecule has 0 aromatic carbocycles. The van der Waals surface area contributed by atoms with Gasteiger partial charge in [0, 0.05) is 14.1 Å². The van der Waals surface area contributed by atoms with E-state index in [9.17, 15) is 4.79 Å². The van der Waals surface area contributed by atoms with Crippen molar-refractivity contribution in [2.24, 2.45) is 4.99 Å². The van der Waals surface area contributed by atoms with Crippen LogP contribution in [0.4, 0.5) is 0 Å². The molecule has 1 rings (SSSR count). The van der Waals surface area contributed by atoms with Gasteiger partial charge in [-0.1, -0.05) is 0 Å². The minimum Gasteiger partial charge on any atom is -0.459 e. The second-order valence-corrected chi connectivity index (χ2v) is 2.49. The van der Waals surface area contributed by atoms with Gasteiger partial charge in [-0.15, -0.1) is 0 Å². The van der Waals surface area contributed by atoms with Crippen molar-refractivity contribution >= 4 is 12.2 Å². The van der Waals surface area contributed by atoms with E-state index in [-0.39, 0.29) is 11.7 Å². The number of carbonyl (C=O) groups excluding carboxylic acids is 1. The Morgan fingerprint density at radius 2 is 2.42 bits per heavy atom. The van der Waals surface area contributed by atoms with Crippen molar-refractivity contribution in [3.05, 3.63) is 24.2 Å². The van der Waals surface area contributed by atoms with Crippen LogP contribution in [-0.4, -0.2) is 31.2 Å². The molecule has 1 heterocycles. The van der Waals surface area contributed by atoms with Crippen LogP contribution in [0.1, 0.15) is 10.6 Å². The van der Waals surface area contributed by atoms with Crippen molar-refractivity contribution in [3.8, 4) is 0 Å². The molecule has 0 saturated heterocycles. The molecule has 12 heavy (non-hydrogen) atoms. The van der Waals surface area contributed by atoms with Crippen LogP contribution in [0.25, 0.3) is 0 Å². The highest BCUT2D eigenvalue weighted by molar-refractivity contribution is 5.96. The maximum absolute atomic E-state index is 11.1. The molecule has 0 unspecified atom stereocenters. The van der Waals surface area contributed by atoms with Gasteiger partial charge >= 0.3 is 5.91 Å². The zero-order valence-corrected chi connectivity index (χ0v) is 7.02. The lowest BCUT2D eigenvalue weighted by atomic mass is 10.4. The normalized spacial score (nSPS) is 10.5. The minimum absolute atomic E-state index is 0.258. The molecule has 4 heteroatoms. The predicted molar refractivity (Wildman–Crippen MR) is 45.2 cm³/mol. The van der Waals surface area contributed by atoms with Crippen LogP contribution in [0.3, 0.4) is 0 Å². The zero-order chi connectivity index (χ0) is 8.97. The lowest BCUT2D eigenvalue weighted by Crippen LogP contribution is -2.09. The molecule has 64 valence electrons. The third-order valence-electron chi connectivity index (χ3n) is 1.14. The lowest BCUT2D eigenvalue weighted by Gasteiger charge is -2.00. The lowest BCUT2D eigenvalue weighted by molar-refractivity contribution is 0.0976. The molecule has 0 N–H and O–H groups in total. The zero-order valence-electron chi connectivity index (χ0n) is 7.02. The van der Waals surface area contributed by atoms with Crippen LogP contribution in [0.2, 0.25) is 0 Å². The summed E-state index contributed by atoms with van der Waals surface area (Å²) < 4.78 is 4.85. The van der Waals surface area contributed by atoms with Gasteiger partial charge < -0.3 is 9.32 Å². The molecule has 1 amide bonds. The van der Waals surface area contributed by atoms with E-state index >= 15 is 0 Å². The van der Waals surface area contributed by atoms with Gasteiger partial charge in [0.15, 0.2) is 5.76 Å². The van der Waals surface area contributed by atoms with Crippen molar-refractivity contribution in [1.82, 2.24) is 4.90 Å². The first-order valence-electron chi connectivity index (χ1n) is 3.48. The molecule has 1 aromatic rings. The highest BCUT2D eigenvalue weighted by Crippen LogP contribution is 2.00. The maximum atomic E-state index is 11.1. The first-order chi connectivity index (χ1) is 5.70. The molecule has 0 fully saturated rings. The highest BCUT2D eigenvalue weighted by atomic mass is 16.3. The van der Waals surface area contributed by atoms with E-state index in [2.05, 4.69) is 4.99 Å². The fraction of sp³-hybridized carbons (Fsp3) is 0.250. The summed E-state index contributed by atoms with van der Waals surface area (Å²) in [5, 5.41) is 0. The number of aliphatic imine (C=N–C) groups is 1. The number of hydrogen-bond donors (Lipinski definition) is 0. The number of amides is 1. The van der Waals surface area contributed by atoms with Gasteiger partial charge in [-0.25, -0.2) is 0 Å². The molecular weight excluding hydrogens is 156 g/mol. The van der Waals surface area contributed by atoms with E-state index in [0.717, 1.165) is 0 Å². The average molecular weight is 166 g/mol. The quantitative estimate of drug-likeness (QED) is 0.486. The summed E-state index contributed by atoms with van der Waals surface area (Å²) in [7, 11) is 3.58. The third kappa shape index (κ3) is 2.23. The average Bonchev–Trinajstić information content (AvgIpc) is 2.51. The van der Waals surface area contributed by atoms with E-state index in [1.807, 2.05) is 0 Å². The first kappa shape index (κ1) is 8.52. The Morgan fingerprint density at radius 3 is 2.92 bits per heavy atom. The fourth-order valence-corrected chi connectivity index (χ4v) is 0.632. The summed E-state index contributed by atoms with van der Waals surface area (Å²) in [6.07, 6.45) is 2.88. The van der Waals surface area contributed by atoms with E-state index in [1.165, 1.54) is 12.6 Å². The first-order valence-corrected chi connectivity index (χ1v) is 3.48. The maximum Gasteiger partial charge on any atom is 0.314 e. The second-order valence-electron chi connectivity index (χ2n) is 2.49. The molecular formula is C8H10N2O2. The van der Waals surface area contributed by atoms with Crippen LogP contribution < -0.4 is 0 Å². The molecule has 0 atom stereocenters. The SMILES string of the molecule is CN(C)/C=N/C(=O)c1ccco1. The summed E-state index contributed by atoms with van der Waals surface area (Å²) in [6.45, 7) is 0. The molecule has 4 nitrogen and oxygen atoms in total. The minimum atomic E-state index is -0.367. The Balaban J connectivity index is 2.62. The number of rotatable bonds is 2. The van der Waals surface area contributed by atoms with Gasteiger partial charge in [0.25, 0.3) is 0 Å². The summed E-state index contributed by atoms with van der Waals surface area (Å²) in [5.41, 5.74) is 0. The van der Waals surface area contributed by atoms with E-state index < -0.39 is 0 Å². The number of nitrogens with zero attached hydrogens (tertiary/aromatic N) is 2. The van der Waals surface area contributed by atoms with E-state index in [0.29, 0.717) is 0 Å². The number of carbonyl (C=O) groups is 1. The van der Waals surface area contributed by atoms with Gasteiger partial charge in [-0.05, 0) is 12.1 Å². The number of furan rings is 1. The fourth-order valence-electron chi connectivity index (χ4n) is 0.632. The Morgan fingerprint density at radius 1 is 1.67 bits per heavy atom. The molecule has 0 bridgehead atoms. The third-order valence-corrected chi connectivity index (χ3v) is 1.14. The van der Waals surface area contributed by atoms with Crippen LogP contribution in [0, 0.1) is 0 Å². The topological polar surface area (TPSA) is 45.8 Å². The molecule has 0 saturated carbocycles. The predicted octanol–water partition coefficient (Wildman–Crippen LogP) is 1.01. The van der Waals surface area contributed by atoms with Crippen molar-refractivity contribution < 1.29 is 9.21 Å². The van der Waals surface area contributed by atoms with Crippen LogP contribution in [0.15, 0.2) is 27.8 Å². The summed E-state index contributed by atoms with van der Waals surface area (Å²) in [6, 6.07) is 3.23. The van der Waals surface area contributed by atoms with E-state index in [1.54, 1.807) is 31.1 Å². The van der Waals surface area contributed by atoms with Crippen molar-refractivity contribution in [1.29, 1.82) is 0 Å². The van der Waals surface area contributed by atoms with Crippen LogP contribution >= 0.6 is 0 Å². The van der Waals surface area contributed by atoms with Gasteiger partial charge in [-0.3, -0.25) is 4.79 Å². The molecule has 0 aliphatic rings. The van der Waals surface area contributed by atoms with Crippen LogP contribution in [0.5, 0.6) is 0 Å². The Bertz CT molecular complexity index is 275. The molecule has 0 spiro atoms. The van der Waals surface area contributed by atoms with Gasteiger partial charge in [0.05, 0.1) is 12.6 Å². The monoisotopic (exact) mass is 166 g/mol. The summed E-state index contributed by atoms with van der Waals surface area (Å²) >= 11 is 0. The van der Waals surface area contributed by atoms with E-state index in [4.69, 9.17) is 4.42 Å². The molecule has 0 aliphatic carbocycles. The molecule has 1 aromatic heterocycles. The Kier molecular flexibility index (Phi) is 2.63. The Labute approximate surface area is 70.5 Å². The smallest absolute Gasteiger partial charge is 0.314 e. The van der Waals surface area contributed by atoms with Crippen molar-refractivity contribution in [3.63, 3.8) is 0 Å². The van der Waals surface area contributed by atoms with Gasteiger partial charge in [0.1, 0.15) is 0 Å². The summed E-state index contributed by atoms with van der Waals surface area (Å²) in [4.78, 5) is 16.4. The van der Waals surface area contributed by atoms with Gasteiger partial charge in [-0.2, -0.15) is 4.99 Å².